The molecule has 0 N–H and O–H groups in total. The first-order valence-corrected chi connectivity index (χ1v) is 6.59. The topological polar surface area (TPSA) is 58.9 Å². The van der Waals surface area contributed by atoms with Crippen molar-refractivity contribution in [1.82, 2.24) is 0 Å². The van der Waals surface area contributed by atoms with Crippen LogP contribution in [0.1, 0.15) is 11.1 Å². The minimum absolute atomic E-state index is 0.154. The van der Waals surface area contributed by atoms with E-state index in [4.69, 9.17) is 23.2 Å². The number of aliphatic imine (C=N–C) groups is 2. The third-order valence-corrected chi connectivity index (χ3v) is 3.74. The molecule has 0 aliphatic carbocycles. The van der Waals surface area contributed by atoms with Gasteiger partial charge in [-0.25, -0.2) is 9.59 Å². The van der Waals surface area contributed by atoms with Gasteiger partial charge in [-0.15, -0.1) is 0 Å². The molecule has 0 aromatic heterocycles. The Labute approximate surface area is 130 Å². The molecule has 4 nitrogen and oxygen atoms in total. The van der Waals surface area contributed by atoms with Crippen molar-refractivity contribution < 1.29 is 9.59 Å². The van der Waals surface area contributed by atoms with Crippen molar-refractivity contribution in [2.24, 2.45) is 9.98 Å². The standard InChI is InChI=1S/C15H8Cl2N2O2/c16-13-8-4-7-12(14(13)17)15(18-9-20,19-10-21)11-5-2-1-3-6-11/h1-8H. The highest BCUT2D eigenvalue weighted by molar-refractivity contribution is 6.42. The lowest BCUT2D eigenvalue weighted by Crippen LogP contribution is -2.23. The zero-order chi connectivity index (χ0) is 15.3. The summed E-state index contributed by atoms with van der Waals surface area (Å²) in [6.45, 7) is 0. The van der Waals surface area contributed by atoms with Gasteiger partial charge in [0.15, 0.2) is 0 Å². The number of carbonyl (C=O) groups excluding carboxylic acids is 2. The summed E-state index contributed by atoms with van der Waals surface area (Å²) in [5, 5.41) is 0.415. The van der Waals surface area contributed by atoms with Crippen LogP contribution in [0.25, 0.3) is 0 Å². The van der Waals surface area contributed by atoms with E-state index in [-0.39, 0.29) is 10.0 Å². The summed E-state index contributed by atoms with van der Waals surface area (Å²) in [6, 6.07) is 13.4. The van der Waals surface area contributed by atoms with Crippen LogP contribution in [-0.2, 0) is 15.3 Å². The molecule has 0 saturated carbocycles. The van der Waals surface area contributed by atoms with Gasteiger partial charge in [-0.05, 0) is 6.07 Å². The molecule has 0 radical (unpaired) electrons. The van der Waals surface area contributed by atoms with Gasteiger partial charge in [0.1, 0.15) is 0 Å². The Hall–Kier alpha value is -2.22. The molecule has 0 atom stereocenters. The molecule has 2 rings (SSSR count). The van der Waals surface area contributed by atoms with E-state index in [1.807, 2.05) is 0 Å². The second-order valence-corrected chi connectivity index (χ2v) is 4.83. The van der Waals surface area contributed by atoms with Crippen LogP contribution < -0.4 is 0 Å². The fourth-order valence-corrected chi connectivity index (χ4v) is 2.44. The van der Waals surface area contributed by atoms with Crippen LogP contribution in [0.4, 0.5) is 0 Å². The van der Waals surface area contributed by atoms with Crippen molar-refractivity contribution in [2.45, 2.75) is 5.66 Å². The summed E-state index contributed by atoms with van der Waals surface area (Å²) in [5.74, 6) is 0. The molecule has 6 heteroatoms. The Morgan fingerprint density at radius 1 is 0.857 bits per heavy atom. The average Bonchev–Trinajstić information content (AvgIpc) is 2.51. The van der Waals surface area contributed by atoms with Gasteiger partial charge in [0.2, 0.25) is 17.8 Å². The molecule has 0 aliphatic heterocycles. The first-order valence-electron chi connectivity index (χ1n) is 5.84. The van der Waals surface area contributed by atoms with Crippen LogP contribution >= 0.6 is 23.2 Å². The number of hydrogen-bond donors (Lipinski definition) is 0. The van der Waals surface area contributed by atoms with E-state index in [9.17, 15) is 9.59 Å². The molecule has 2 aromatic carbocycles. The lowest BCUT2D eigenvalue weighted by atomic mass is 9.92. The molecule has 0 spiro atoms. The SMILES string of the molecule is O=C=NC(N=C=O)(c1ccccc1)c1cccc(Cl)c1Cl. The molecule has 0 aliphatic rings. The summed E-state index contributed by atoms with van der Waals surface area (Å²) in [5.41, 5.74) is -0.873. The lowest BCUT2D eigenvalue weighted by Gasteiger charge is -2.24. The molecule has 0 bridgehead atoms. The molecule has 0 unspecified atom stereocenters. The van der Waals surface area contributed by atoms with Gasteiger partial charge in [-0.1, -0.05) is 65.7 Å². The summed E-state index contributed by atoms with van der Waals surface area (Å²) >= 11 is 12.2. The number of rotatable bonds is 4. The molecular formula is C15H8Cl2N2O2. The highest BCUT2D eigenvalue weighted by atomic mass is 35.5. The van der Waals surface area contributed by atoms with E-state index in [2.05, 4.69) is 9.98 Å². The van der Waals surface area contributed by atoms with E-state index in [1.165, 1.54) is 12.2 Å². The minimum atomic E-state index is -1.65. The Morgan fingerprint density at radius 2 is 1.48 bits per heavy atom. The summed E-state index contributed by atoms with van der Waals surface area (Å²) < 4.78 is 0. The Kier molecular flexibility index (Phi) is 4.69. The fraction of sp³-hybridized carbons (Fsp3) is 0.0667. The molecule has 0 fully saturated rings. The molecule has 104 valence electrons. The quantitative estimate of drug-likeness (QED) is 0.634. The van der Waals surface area contributed by atoms with Crippen LogP contribution in [0.3, 0.4) is 0 Å². The molecule has 0 heterocycles. The monoisotopic (exact) mass is 318 g/mol. The smallest absolute Gasteiger partial charge is 0.211 e. The van der Waals surface area contributed by atoms with E-state index >= 15 is 0 Å². The minimum Gasteiger partial charge on any atom is -0.211 e. The van der Waals surface area contributed by atoms with Crippen molar-refractivity contribution in [2.75, 3.05) is 0 Å². The molecule has 0 saturated heterocycles. The highest BCUT2D eigenvalue weighted by Gasteiger charge is 2.36. The number of hydrogen-bond acceptors (Lipinski definition) is 4. The van der Waals surface area contributed by atoms with Gasteiger partial charge in [0.05, 0.1) is 10.0 Å². The Morgan fingerprint density at radius 3 is 2.05 bits per heavy atom. The van der Waals surface area contributed by atoms with E-state index < -0.39 is 5.66 Å². The lowest BCUT2D eigenvalue weighted by molar-refractivity contribution is 0.516. The van der Waals surface area contributed by atoms with Crippen LogP contribution in [0.2, 0.25) is 10.0 Å². The van der Waals surface area contributed by atoms with Crippen LogP contribution in [-0.4, -0.2) is 12.2 Å². The molecular weight excluding hydrogens is 311 g/mol. The zero-order valence-electron chi connectivity index (χ0n) is 10.6. The Balaban J connectivity index is 2.87. The Bertz CT molecular complexity index is 732. The van der Waals surface area contributed by atoms with Crippen LogP contribution in [0, 0.1) is 0 Å². The summed E-state index contributed by atoms with van der Waals surface area (Å²) in [7, 11) is 0. The van der Waals surface area contributed by atoms with Gasteiger partial charge in [0.25, 0.3) is 0 Å². The van der Waals surface area contributed by atoms with Gasteiger partial charge in [-0.2, -0.15) is 9.98 Å². The predicted octanol–water partition coefficient (Wildman–Crippen LogP) is 3.87. The number of halogens is 2. The first-order chi connectivity index (χ1) is 10.2. The maximum Gasteiger partial charge on any atom is 0.238 e. The number of nitrogens with zero attached hydrogens (tertiary/aromatic N) is 2. The van der Waals surface area contributed by atoms with E-state index in [0.717, 1.165) is 0 Å². The highest BCUT2D eigenvalue weighted by Crippen LogP contribution is 2.41. The van der Waals surface area contributed by atoms with Gasteiger partial charge < -0.3 is 0 Å². The normalized spacial score (nSPS) is 12.7. The molecule has 21 heavy (non-hydrogen) atoms. The van der Waals surface area contributed by atoms with Gasteiger partial charge in [0, 0.05) is 11.1 Å². The van der Waals surface area contributed by atoms with Gasteiger partial charge >= 0.3 is 0 Å². The van der Waals surface area contributed by atoms with Crippen molar-refractivity contribution in [3.05, 3.63) is 69.7 Å². The maximum atomic E-state index is 10.9. The third kappa shape index (κ3) is 2.80. The second-order valence-electron chi connectivity index (χ2n) is 4.05. The third-order valence-electron chi connectivity index (χ3n) is 2.92. The maximum absolute atomic E-state index is 10.9. The van der Waals surface area contributed by atoms with E-state index in [1.54, 1.807) is 48.5 Å². The first kappa shape index (κ1) is 15.2. The number of isocyanates is 2. The summed E-state index contributed by atoms with van der Waals surface area (Å²) in [6.07, 6.45) is 2.88. The van der Waals surface area contributed by atoms with Crippen LogP contribution in [0.15, 0.2) is 58.5 Å². The molecule has 2 aromatic rings. The predicted molar refractivity (Wildman–Crippen MR) is 79.9 cm³/mol. The van der Waals surface area contributed by atoms with Crippen molar-refractivity contribution in [3.8, 4) is 0 Å². The molecule has 0 amide bonds. The second kappa shape index (κ2) is 6.49. The van der Waals surface area contributed by atoms with Crippen molar-refractivity contribution >= 4 is 35.4 Å². The number of benzene rings is 2. The van der Waals surface area contributed by atoms with Crippen molar-refractivity contribution in [3.63, 3.8) is 0 Å². The average molecular weight is 319 g/mol. The zero-order valence-corrected chi connectivity index (χ0v) is 12.1. The summed E-state index contributed by atoms with van der Waals surface area (Å²) in [4.78, 5) is 29.2. The van der Waals surface area contributed by atoms with E-state index in [0.29, 0.717) is 11.1 Å². The van der Waals surface area contributed by atoms with Gasteiger partial charge in [-0.3, -0.25) is 0 Å². The fourth-order valence-electron chi connectivity index (χ4n) is 2.01. The van der Waals surface area contributed by atoms with Crippen molar-refractivity contribution in [1.29, 1.82) is 0 Å². The van der Waals surface area contributed by atoms with Crippen LogP contribution in [0.5, 0.6) is 0 Å². The largest absolute Gasteiger partial charge is 0.238 e.